The van der Waals surface area contributed by atoms with E-state index < -0.39 is 0 Å². The highest BCUT2D eigenvalue weighted by atomic mass is 16.2. The molecule has 1 heterocycles. The van der Waals surface area contributed by atoms with E-state index in [1.165, 1.54) is 25.7 Å². The van der Waals surface area contributed by atoms with Crippen molar-refractivity contribution in [3.63, 3.8) is 0 Å². The first-order chi connectivity index (χ1) is 8.93. The van der Waals surface area contributed by atoms with Crippen LogP contribution in [0.2, 0.25) is 0 Å². The van der Waals surface area contributed by atoms with E-state index >= 15 is 0 Å². The van der Waals surface area contributed by atoms with Crippen molar-refractivity contribution in [3.05, 3.63) is 0 Å². The average Bonchev–Trinajstić information content (AvgIpc) is 2.66. The quantitative estimate of drug-likeness (QED) is 0.851. The summed E-state index contributed by atoms with van der Waals surface area (Å²) in [6.45, 7) is 11.0. The molecule has 1 amide bonds. The van der Waals surface area contributed by atoms with Gasteiger partial charge in [-0.05, 0) is 37.5 Å². The molecule has 19 heavy (non-hydrogen) atoms. The van der Waals surface area contributed by atoms with Gasteiger partial charge in [-0.25, -0.2) is 0 Å². The summed E-state index contributed by atoms with van der Waals surface area (Å²) in [5.74, 6) is 2.13. The lowest BCUT2D eigenvalue weighted by atomic mass is 9.76. The summed E-state index contributed by atoms with van der Waals surface area (Å²) < 4.78 is 0. The van der Waals surface area contributed by atoms with Gasteiger partial charge in [0.1, 0.15) is 0 Å². The second kappa shape index (κ2) is 5.82. The molecule has 0 radical (unpaired) electrons. The van der Waals surface area contributed by atoms with Crippen molar-refractivity contribution in [1.82, 2.24) is 10.2 Å². The van der Waals surface area contributed by atoms with Gasteiger partial charge in [-0.15, -0.1) is 0 Å². The smallest absolute Gasteiger partial charge is 0.240 e. The van der Waals surface area contributed by atoms with E-state index in [0.717, 1.165) is 0 Å². The highest BCUT2D eigenvalue weighted by Crippen LogP contribution is 2.36. The second-order valence-corrected chi connectivity index (χ2v) is 7.08. The van der Waals surface area contributed by atoms with Crippen LogP contribution >= 0.6 is 0 Å². The normalized spacial score (nSPS) is 36.6. The lowest BCUT2D eigenvalue weighted by molar-refractivity contribution is -0.135. The van der Waals surface area contributed by atoms with Gasteiger partial charge in [0, 0.05) is 6.04 Å². The van der Waals surface area contributed by atoms with Gasteiger partial charge in [0.25, 0.3) is 0 Å². The monoisotopic (exact) mass is 266 g/mol. The van der Waals surface area contributed by atoms with Crippen molar-refractivity contribution in [2.24, 2.45) is 17.8 Å². The van der Waals surface area contributed by atoms with Crippen molar-refractivity contribution in [3.8, 4) is 0 Å². The summed E-state index contributed by atoms with van der Waals surface area (Å²) in [6, 6.07) is 0.438. The maximum absolute atomic E-state index is 12.6. The SMILES string of the molecule is CC1NC(C(C)C)N(C2CCCCC2C(C)C)C1=O. The molecule has 3 nitrogen and oxygen atoms in total. The Kier molecular flexibility index (Phi) is 4.54. The molecule has 0 aromatic rings. The Hall–Kier alpha value is -0.570. The van der Waals surface area contributed by atoms with Crippen LogP contribution in [-0.4, -0.2) is 29.1 Å². The van der Waals surface area contributed by atoms with Crippen molar-refractivity contribution in [2.75, 3.05) is 0 Å². The molecule has 1 aliphatic heterocycles. The zero-order chi connectivity index (χ0) is 14.2. The first-order valence-corrected chi connectivity index (χ1v) is 8.01. The van der Waals surface area contributed by atoms with E-state index in [1.54, 1.807) is 0 Å². The molecule has 1 N–H and O–H groups in total. The van der Waals surface area contributed by atoms with Crippen LogP contribution in [0, 0.1) is 17.8 Å². The summed E-state index contributed by atoms with van der Waals surface area (Å²) in [6.07, 6.45) is 5.30. The summed E-state index contributed by atoms with van der Waals surface area (Å²) in [4.78, 5) is 14.8. The molecule has 0 spiro atoms. The van der Waals surface area contributed by atoms with E-state index in [0.29, 0.717) is 29.7 Å². The topological polar surface area (TPSA) is 32.3 Å². The number of hydrogen-bond donors (Lipinski definition) is 1. The lowest BCUT2D eigenvalue weighted by Crippen LogP contribution is -2.52. The molecule has 1 saturated carbocycles. The van der Waals surface area contributed by atoms with Gasteiger partial charge in [-0.1, -0.05) is 40.5 Å². The predicted octanol–water partition coefficient (Wildman–Crippen LogP) is 3.00. The third kappa shape index (κ3) is 2.81. The number of amides is 1. The van der Waals surface area contributed by atoms with Crippen LogP contribution in [0.15, 0.2) is 0 Å². The molecule has 0 aromatic carbocycles. The maximum atomic E-state index is 12.6. The highest BCUT2D eigenvalue weighted by Gasteiger charge is 2.44. The van der Waals surface area contributed by atoms with Crippen molar-refractivity contribution in [2.45, 2.75) is 78.6 Å². The predicted molar refractivity (Wildman–Crippen MR) is 78.7 cm³/mol. The molecule has 1 aliphatic carbocycles. The molecule has 2 fully saturated rings. The van der Waals surface area contributed by atoms with Gasteiger partial charge in [-0.3, -0.25) is 10.1 Å². The summed E-state index contributed by atoms with van der Waals surface area (Å²) >= 11 is 0. The minimum absolute atomic E-state index is 0.0119. The van der Waals surface area contributed by atoms with Crippen LogP contribution in [0.3, 0.4) is 0 Å². The zero-order valence-corrected chi connectivity index (χ0v) is 13.1. The van der Waals surface area contributed by atoms with Crippen LogP contribution in [0.4, 0.5) is 0 Å². The van der Waals surface area contributed by atoms with E-state index in [2.05, 4.69) is 37.9 Å². The Balaban J connectivity index is 2.23. The molecule has 2 rings (SSSR count). The number of nitrogens with zero attached hydrogens (tertiary/aromatic N) is 1. The van der Waals surface area contributed by atoms with Gasteiger partial charge in [-0.2, -0.15) is 0 Å². The van der Waals surface area contributed by atoms with Crippen LogP contribution < -0.4 is 5.32 Å². The molecule has 0 aromatic heterocycles. The average molecular weight is 266 g/mol. The molecule has 110 valence electrons. The fraction of sp³-hybridized carbons (Fsp3) is 0.938. The molecule has 0 bridgehead atoms. The molecule has 4 atom stereocenters. The third-order valence-corrected chi connectivity index (χ3v) is 4.97. The van der Waals surface area contributed by atoms with E-state index in [1.807, 2.05) is 6.92 Å². The molecular formula is C16H30N2O. The number of carbonyl (C=O) groups excluding carboxylic acids is 1. The number of carbonyl (C=O) groups is 1. The standard InChI is InChI=1S/C16H30N2O/c1-10(2)13-8-6-7-9-14(13)18-15(11(3)4)17-12(5)16(18)19/h10-15,17H,6-9H2,1-5H3. The number of rotatable bonds is 3. The maximum Gasteiger partial charge on any atom is 0.240 e. The molecular weight excluding hydrogens is 236 g/mol. The molecule has 1 saturated heterocycles. The van der Waals surface area contributed by atoms with Gasteiger partial charge < -0.3 is 4.90 Å². The Morgan fingerprint density at radius 2 is 1.74 bits per heavy atom. The number of hydrogen-bond acceptors (Lipinski definition) is 2. The van der Waals surface area contributed by atoms with E-state index in [-0.39, 0.29) is 12.2 Å². The fourth-order valence-corrected chi connectivity index (χ4v) is 3.91. The van der Waals surface area contributed by atoms with Gasteiger partial charge in [0.2, 0.25) is 5.91 Å². The Labute approximate surface area is 118 Å². The first-order valence-electron chi connectivity index (χ1n) is 8.01. The van der Waals surface area contributed by atoms with Crippen LogP contribution in [0.1, 0.15) is 60.3 Å². The number of nitrogens with one attached hydrogen (secondary N) is 1. The van der Waals surface area contributed by atoms with Gasteiger partial charge in [0.05, 0.1) is 12.2 Å². The molecule has 2 aliphatic rings. The summed E-state index contributed by atoms with van der Waals surface area (Å²) in [5.41, 5.74) is 0. The van der Waals surface area contributed by atoms with E-state index in [4.69, 9.17) is 0 Å². The Bertz CT molecular complexity index is 327. The third-order valence-electron chi connectivity index (χ3n) is 4.97. The van der Waals surface area contributed by atoms with Crippen LogP contribution in [-0.2, 0) is 4.79 Å². The minimum Gasteiger partial charge on any atom is -0.322 e. The molecule has 4 unspecified atom stereocenters. The highest BCUT2D eigenvalue weighted by molar-refractivity contribution is 5.84. The van der Waals surface area contributed by atoms with Crippen molar-refractivity contribution >= 4 is 5.91 Å². The van der Waals surface area contributed by atoms with Gasteiger partial charge >= 0.3 is 0 Å². The second-order valence-electron chi connectivity index (χ2n) is 7.08. The van der Waals surface area contributed by atoms with Gasteiger partial charge in [0.15, 0.2) is 0 Å². The summed E-state index contributed by atoms with van der Waals surface area (Å²) in [7, 11) is 0. The largest absolute Gasteiger partial charge is 0.322 e. The van der Waals surface area contributed by atoms with Crippen LogP contribution in [0.25, 0.3) is 0 Å². The Morgan fingerprint density at radius 3 is 2.32 bits per heavy atom. The van der Waals surface area contributed by atoms with E-state index in [9.17, 15) is 4.79 Å². The van der Waals surface area contributed by atoms with Crippen LogP contribution in [0.5, 0.6) is 0 Å². The summed E-state index contributed by atoms with van der Waals surface area (Å²) in [5, 5.41) is 3.49. The van der Waals surface area contributed by atoms with Crippen molar-refractivity contribution in [1.29, 1.82) is 0 Å². The minimum atomic E-state index is -0.0119. The Morgan fingerprint density at radius 1 is 1.11 bits per heavy atom. The zero-order valence-electron chi connectivity index (χ0n) is 13.1. The van der Waals surface area contributed by atoms with Crippen molar-refractivity contribution < 1.29 is 4.79 Å². The fourth-order valence-electron chi connectivity index (χ4n) is 3.91. The lowest BCUT2D eigenvalue weighted by Gasteiger charge is -2.43. The first kappa shape index (κ1) is 14.8. The molecule has 3 heteroatoms.